The van der Waals surface area contributed by atoms with E-state index >= 15 is 0 Å². The summed E-state index contributed by atoms with van der Waals surface area (Å²) in [6.45, 7) is 5.45. The van der Waals surface area contributed by atoms with E-state index in [2.05, 4.69) is 10.4 Å². The van der Waals surface area contributed by atoms with Gasteiger partial charge < -0.3 is 10.1 Å². The van der Waals surface area contributed by atoms with Crippen LogP contribution in [0.2, 0.25) is 0 Å². The Morgan fingerprint density at radius 1 is 1.32 bits per heavy atom. The maximum absolute atomic E-state index is 12.1. The molecular weight excluding hydrogens is 242 g/mol. The minimum Gasteiger partial charge on any atom is -0.380 e. The van der Waals surface area contributed by atoms with Crippen LogP contribution in [0.3, 0.4) is 0 Å². The number of fused-ring (bicyclic) bond motifs is 1. The van der Waals surface area contributed by atoms with Gasteiger partial charge >= 0.3 is 0 Å². The van der Waals surface area contributed by atoms with Crippen molar-refractivity contribution in [3.63, 3.8) is 0 Å². The maximum Gasteiger partial charge on any atom is 0.274 e. The highest BCUT2D eigenvalue weighted by atomic mass is 16.5. The normalized spacial score (nSPS) is 11.0. The van der Waals surface area contributed by atoms with E-state index in [0.717, 1.165) is 18.5 Å². The summed E-state index contributed by atoms with van der Waals surface area (Å²) in [7, 11) is 0. The summed E-state index contributed by atoms with van der Waals surface area (Å²) in [5.41, 5.74) is -0.0373. The molecule has 102 valence electrons. The Morgan fingerprint density at radius 2 is 2.16 bits per heavy atom. The third-order valence-electron chi connectivity index (χ3n) is 2.89. The molecule has 0 aliphatic heterocycles. The maximum atomic E-state index is 12.1. The van der Waals surface area contributed by atoms with Crippen LogP contribution in [-0.2, 0) is 11.3 Å². The minimum atomic E-state index is -0.0373. The molecule has 1 aromatic carbocycles. The number of aromatic nitrogens is 2. The van der Waals surface area contributed by atoms with Gasteiger partial charge in [0, 0.05) is 25.1 Å². The average Bonchev–Trinajstić information content (AvgIpc) is 2.45. The van der Waals surface area contributed by atoms with E-state index in [4.69, 9.17) is 4.74 Å². The van der Waals surface area contributed by atoms with Crippen LogP contribution in [0, 0.1) is 0 Å². The molecule has 2 rings (SSSR count). The lowest BCUT2D eigenvalue weighted by Gasteiger charge is -2.07. The SMILES string of the molecule is CCOCCNCCn1ncc2ccccc2c1=O. The Kier molecular flexibility index (Phi) is 5.06. The van der Waals surface area contributed by atoms with Gasteiger partial charge in [-0.1, -0.05) is 18.2 Å². The summed E-state index contributed by atoms with van der Waals surface area (Å²) in [6, 6.07) is 7.50. The van der Waals surface area contributed by atoms with Crippen LogP contribution in [0.5, 0.6) is 0 Å². The molecule has 0 bridgehead atoms. The lowest BCUT2D eigenvalue weighted by Crippen LogP contribution is -2.30. The molecule has 5 heteroatoms. The average molecular weight is 261 g/mol. The molecule has 0 fully saturated rings. The van der Waals surface area contributed by atoms with Gasteiger partial charge in [-0.25, -0.2) is 4.68 Å². The van der Waals surface area contributed by atoms with Gasteiger partial charge in [0.2, 0.25) is 0 Å². The van der Waals surface area contributed by atoms with E-state index in [1.165, 1.54) is 4.68 Å². The zero-order valence-corrected chi connectivity index (χ0v) is 11.1. The molecule has 0 amide bonds. The van der Waals surface area contributed by atoms with Gasteiger partial charge in [-0.15, -0.1) is 0 Å². The Labute approximate surface area is 112 Å². The number of benzene rings is 1. The lowest BCUT2D eigenvalue weighted by atomic mass is 10.2. The van der Waals surface area contributed by atoms with Crippen LogP contribution >= 0.6 is 0 Å². The van der Waals surface area contributed by atoms with E-state index in [-0.39, 0.29) is 5.56 Å². The van der Waals surface area contributed by atoms with Crippen LogP contribution in [0.4, 0.5) is 0 Å². The fourth-order valence-corrected chi connectivity index (χ4v) is 1.89. The Hall–Kier alpha value is -1.72. The first kappa shape index (κ1) is 13.7. The summed E-state index contributed by atoms with van der Waals surface area (Å²) < 4.78 is 6.72. The molecule has 0 saturated heterocycles. The predicted octanol–water partition coefficient (Wildman–Crippen LogP) is 1.02. The van der Waals surface area contributed by atoms with Crippen molar-refractivity contribution in [1.82, 2.24) is 15.1 Å². The number of ether oxygens (including phenoxy) is 1. The molecule has 5 nitrogen and oxygen atoms in total. The van der Waals surface area contributed by atoms with Crippen molar-refractivity contribution in [3.8, 4) is 0 Å². The topological polar surface area (TPSA) is 56.1 Å². The first-order valence-corrected chi connectivity index (χ1v) is 6.56. The molecule has 0 saturated carbocycles. The van der Waals surface area contributed by atoms with E-state index in [0.29, 0.717) is 25.1 Å². The first-order valence-electron chi connectivity index (χ1n) is 6.56. The Morgan fingerprint density at radius 3 is 3.00 bits per heavy atom. The van der Waals surface area contributed by atoms with Gasteiger partial charge in [0.05, 0.1) is 24.7 Å². The molecule has 0 radical (unpaired) electrons. The van der Waals surface area contributed by atoms with Gasteiger partial charge in [0.15, 0.2) is 0 Å². The van der Waals surface area contributed by atoms with Crippen molar-refractivity contribution in [2.75, 3.05) is 26.3 Å². The first-order chi connectivity index (χ1) is 9.33. The fourth-order valence-electron chi connectivity index (χ4n) is 1.89. The number of hydrogen-bond donors (Lipinski definition) is 1. The number of nitrogens with one attached hydrogen (secondary N) is 1. The molecule has 1 aromatic heterocycles. The molecule has 1 N–H and O–H groups in total. The largest absolute Gasteiger partial charge is 0.380 e. The number of hydrogen-bond acceptors (Lipinski definition) is 4. The smallest absolute Gasteiger partial charge is 0.274 e. The van der Waals surface area contributed by atoms with Gasteiger partial charge in [0.25, 0.3) is 5.56 Å². The Balaban J connectivity index is 1.94. The second-order valence-corrected chi connectivity index (χ2v) is 4.21. The third kappa shape index (κ3) is 3.62. The number of nitrogens with zero attached hydrogens (tertiary/aromatic N) is 2. The molecule has 0 aliphatic carbocycles. The van der Waals surface area contributed by atoms with Crippen LogP contribution in [0.15, 0.2) is 35.3 Å². The zero-order valence-electron chi connectivity index (χ0n) is 11.1. The molecular formula is C14H19N3O2. The van der Waals surface area contributed by atoms with E-state index in [1.54, 1.807) is 6.20 Å². The van der Waals surface area contributed by atoms with Gasteiger partial charge in [-0.3, -0.25) is 4.79 Å². The Bertz CT molecular complexity index is 580. The highest BCUT2D eigenvalue weighted by molar-refractivity contribution is 5.80. The van der Waals surface area contributed by atoms with Crippen LogP contribution in [-0.4, -0.2) is 36.1 Å². The van der Waals surface area contributed by atoms with Crippen molar-refractivity contribution < 1.29 is 4.74 Å². The van der Waals surface area contributed by atoms with Crippen molar-refractivity contribution in [1.29, 1.82) is 0 Å². The molecule has 19 heavy (non-hydrogen) atoms. The monoisotopic (exact) mass is 261 g/mol. The summed E-state index contributed by atoms with van der Waals surface area (Å²) in [5.74, 6) is 0. The number of rotatable bonds is 7. The summed E-state index contributed by atoms with van der Waals surface area (Å²) in [4.78, 5) is 12.1. The fraction of sp³-hybridized carbons (Fsp3) is 0.429. The van der Waals surface area contributed by atoms with E-state index in [1.807, 2.05) is 31.2 Å². The molecule has 0 spiro atoms. The van der Waals surface area contributed by atoms with Crippen LogP contribution in [0.1, 0.15) is 6.92 Å². The second-order valence-electron chi connectivity index (χ2n) is 4.21. The standard InChI is InChI=1S/C14H19N3O2/c1-2-19-10-8-15-7-9-17-14(18)13-6-4-3-5-12(13)11-16-17/h3-6,11,15H,2,7-10H2,1H3. The lowest BCUT2D eigenvalue weighted by molar-refractivity contribution is 0.149. The van der Waals surface area contributed by atoms with E-state index in [9.17, 15) is 4.79 Å². The predicted molar refractivity (Wildman–Crippen MR) is 75.4 cm³/mol. The van der Waals surface area contributed by atoms with Gasteiger partial charge in [-0.2, -0.15) is 5.10 Å². The van der Waals surface area contributed by atoms with E-state index < -0.39 is 0 Å². The zero-order chi connectivity index (χ0) is 13.5. The molecule has 1 heterocycles. The second kappa shape index (κ2) is 7.01. The molecule has 0 atom stereocenters. The van der Waals surface area contributed by atoms with Crippen molar-refractivity contribution in [2.45, 2.75) is 13.5 Å². The summed E-state index contributed by atoms with van der Waals surface area (Å²) >= 11 is 0. The third-order valence-corrected chi connectivity index (χ3v) is 2.89. The van der Waals surface area contributed by atoms with Crippen molar-refractivity contribution in [3.05, 3.63) is 40.8 Å². The molecule has 0 unspecified atom stereocenters. The van der Waals surface area contributed by atoms with Gasteiger partial charge in [0.1, 0.15) is 0 Å². The van der Waals surface area contributed by atoms with Crippen LogP contribution in [0.25, 0.3) is 10.8 Å². The summed E-state index contributed by atoms with van der Waals surface area (Å²) in [6.07, 6.45) is 1.73. The van der Waals surface area contributed by atoms with Crippen molar-refractivity contribution >= 4 is 10.8 Å². The molecule has 2 aromatic rings. The van der Waals surface area contributed by atoms with Gasteiger partial charge in [-0.05, 0) is 13.0 Å². The summed E-state index contributed by atoms with van der Waals surface area (Å²) in [5, 5.41) is 8.99. The van der Waals surface area contributed by atoms with Crippen LogP contribution < -0.4 is 10.9 Å². The molecule has 0 aliphatic rings. The highest BCUT2D eigenvalue weighted by Crippen LogP contribution is 2.05. The minimum absolute atomic E-state index is 0.0373. The highest BCUT2D eigenvalue weighted by Gasteiger charge is 2.02. The quantitative estimate of drug-likeness (QED) is 0.756. The van der Waals surface area contributed by atoms with Crippen molar-refractivity contribution in [2.24, 2.45) is 0 Å².